The summed E-state index contributed by atoms with van der Waals surface area (Å²) in [6.07, 6.45) is -1.83. The molecule has 0 saturated heterocycles. The van der Waals surface area contributed by atoms with Crippen molar-refractivity contribution in [1.82, 2.24) is 5.32 Å². The van der Waals surface area contributed by atoms with Gasteiger partial charge in [0.1, 0.15) is 0 Å². The van der Waals surface area contributed by atoms with Crippen LogP contribution in [0.5, 0.6) is 0 Å². The molecule has 0 unspecified atom stereocenters. The van der Waals surface area contributed by atoms with Crippen LogP contribution in [0.1, 0.15) is 0 Å². The van der Waals surface area contributed by atoms with Gasteiger partial charge in [0, 0.05) is 0 Å². The zero-order valence-electron chi connectivity index (χ0n) is 6.03. The molecule has 68 valence electrons. The Labute approximate surface area is 67.7 Å². The average Bonchev–Trinajstić information content (AvgIpc) is 1.84. The lowest BCUT2D eigenvalue weighted by atomic mass is 10.9. The van der Waals surface area contributed by atoms with E-state index in [2.05, 4.69) is 17.0 Å². The van der Waals surface area contributed by atoms with E-state index in [0.29, 0.717) is 0 Å². The average molecular weight is 175 g/mol. The normalized spacial score (nSPS) is 7.00. The molecule has 0 spiro atoms. The Bertz CT molecular complexity index is 197. The van der Waals surface area contributed by atoms with Crippen molar-refractivity contribution >= 4 is 24.8 Å². The van der Waals surface area contributed by atoms with Gasteiger partial charge < -0.3 is 15.9 Å². The maximum atomic E-state index is 8.56. The quantitative estimate of drug-likeness (QED) is 0.212. The van der Waals surface area contributed by atoms with Gasteiger partial charge in [-0.15, -0.1) is 0 Å². The van der Waals surface area contributed by atoms with Gasteiger partial charge in [-0.05, 0) is 6.72 Å². The summed E-state index contributed by atoms with van der Waals surface area (Å²) in [5, 5.41) is 29.3. The molecule has 0 amide bonds. The Balaban J connectivity index is 0. The third kappa shape index (κ3) is 24.8. The first-order valence-electron chi connectivity index (χ1n) is 2.48. The summed E-state index contributed by atoms with van der Waals surface area (Å²) in [5.41, 5.74) is 4.81. The van der Waals surface area contributed by atoms with Crippen LogP contribution in [0.2, 0.25) is 0 Å². The summed E-state index contributed by atoms with van der Waals surface area (Å²) in [6, 6.07) is 0. The maximum absolute atomic E-state index is 8.56. The first-order valence-corrected chi connectivity index (χ1v) is 2.48. The van der Waals surface area contributed by atoms with Crippen LogP contribution in [0.3, 0.4) is 0 Å². The lowest BCUT2D eigenvalue weighted by Crippen LogP contribution is -2.33. The topological polar surface area (TPSA) is 156 Å². The van der Waals surface area contributed by atoms with Crippen molar-refractivity contribution in [2.24, 2.45) is 10.7 Å². The fraction of sp³-hybridized carbons (Fsp3) is 0. The van der Waals surface area contributed by atoms with Crippen molar-refractivity contribution < 1.29 is 15.0 Å². The van der Waals surface area contributed by atoms with E-state index in [9.17, 15) is 0 Å². The molecule has 0 aliphatic carbocycles. The van der Waals surface area contributed by atoms with Gasteiger partial charge in [0.15, 0.2) is 5.96 Å². The van der Waals surface area contributed by atoms with Crippen LogP contribution in [0.4, 0.5) is 4.79 Å². The van der Waals surface area contributed by atoms with Crippen LogP contribution in [0.25, 0.3) is 0 Å². The predicted molar refractivity (Wildman–Crippen MR) is 43.0 cm³/mol. The van der Waals surface area contributed by atoms with Crippen LogP contribution < -0.4 is 11.1 Å². The highest BCUT2D eigenvalue weighted by Crippen LogP contribution is 1.61. The molecule has 0 aliphatic heterocycles. The molecular formula is C4H9N5O3. The van der Waals surface area contributed by atoms with E-state index in [1.54, 1.807) is 0 Å². The molecule has 8 heteroatoms. The maximum Gasteiger partial charge on any atom is 0.503 e. The molecule has 8 nitrogen and oxygen atoms in total. The number of hydrogen-bond acceptors (Lipinski definition) is 3. The highest BCUT2D eigenvalue weighted by atomic mass is 16.6. The minimum atomic E-state index is -1.83. The molecule has 0 bridgehead atoms. The van der Waals surface area contributed by atoms with E-state index >= 15 is 0 Å². The standard InChI is InChI=1S/C3H7N5.CH2O3/c1-7-3(6)8-2(4)5;2-1(3)4/h1H2,(H5,4,5,6,8);(H2,2,3,4). The van der Waals surface area contributed by atoms with E-state index < -0.39 is 6.16 Å². The predicted octanol–water partition coefficient (Wildman–Crippen LogP) is -0.673. The van der Waals surface area contributed by atoms with Gasteiger partial charge in [0.05, 0.1) is 0 Å². The summed E-state index contributed by atoms with van der Waals surface area (Å²) in [6.45, 7) is 3.02. The number of nitrogens with one attached hydrogen (secondary N) is 3. The monoisotopic (exact) mass is 175 g/mol. The number of carboxylic acid groups (broad SMARTS) is 2. The second kappa shape index (κ2) is 6.99. The molecular weight excluding hydrogens is 166 g/mol. The minimum Gasteiger partial charge on any atom is -0.450 e. The summed E-state index contributed by atoms with van der Waals surface area (Å²) < 4.78 is 0. The van der Waals surface area contributed by atoms with Gasteiger partial charge in [-0.1, -0.05) is 0 Å². The van der Waals surface area contributed by atoms with E-state index in [1.807, 2.05) is 0 Å². The number of hydrogen-bond donors (Lipinski definition) is 6. The Morgan fingerprint density at radius 2 is 1.83 bits per heavy atom. The molecule has 0 fully saturated rings. The first-order chi connectivity index (χ1) is 5.40. The van der Waals surface area contributed by atoms with Crippen molar-refractivity contribution in [1.29, 1.82) is 10.8 Å². The summed E-state index contributed by atoms with van der Waals surface area (Å²) in [7, 11) is 0. The minimum absolute atomic E-state index is 0.211. The van der Waals surface area contributed by atoms with Crippen LogP contribution in [-0.2, 0) is 0 Å². The van der Waals surface area contributed by atoms with Crippen molar-refractivity contribution in [3.63, 3.8) is 0 Å². The van der Waals surface area contributed by atoms with Crippen molar-refractivity contribution in [3.05, 3.63) is 0 Å². The molecule has 12 heavy (non-hydrogen) atoms. The van der Waals surface area contributed by atoms with Crippen LogP contribution in [-0.4, -0.2) is 35.0 Å². The van der Waals surface area contributed by atoms with Gasteiger partial charge in [-0.2, -0.15) is 0 Å². The molecule has 0 heterocycles. The molecule has 0 saturated carbocycles. The van der Waals surface area contributed by atoms with Gasteiger partial charge in [0.25, 0.3) is 0 Å². The second-order valence-electron chi connectivity index (χ2n) is 1.33. The lowest BCUT2D eigenvalue weighted by Gasteiger charge is -1.95. The van der Waals surface area contributed by atoms with Crippen LogP contribution in [0.15, 0.2) is 4.99 Å². The lowest BCUT2D eigenvalue weighted by molar-refractivity contribution is 0.137. The number of nitrogens with two attached hydrogens (primary N) is 1. The number of guanidine groups is 2. The summed E-state index contributed by atoms with van der Waals surface area (Å²) in [5.74, 6) is -0.514. The molecule has 0 aromatic heterocycles. The molecule has 0 radical (unpaired) electrons. The molecule has 0 aromatic rings. The van der Waals surface area contributed by atoms with Crippen molar-refractivity contribution in [2.45, 2.75) is 0 Å². The van der Waals surface area contributed by atoms with Gasteiger partial charge in [-0.25, -0.2) is 9.79 Å². The fourth-order valence-corrected chi connectivity index (χ4v) is 0.167. The fourth-order valence-electron chi connectivity index (χ4n) is 0.167. The molecule has 0 atom stereocenters. The van der Waals surface area contributed by atoms with Crippen molar-refractivity contribution in [2.75, 3.05) is 0 Å². The van der Waals surface area contributed by atoms with Gasteiger partial charge in [-0.3, -0.25) is 16.1 Å². The third-order valence-electron chi connectivity index (χ3n) is 0.411. The SMILES string of the molecule is C=NC(=N)NC(=N)N.O=C(O)O. The molecule has 7 N–H and O–H groups in total. The zero-order chi connectivity index (χ0) is 10.1. The molecule has 0 rings (SSSR count). The Hall–Kier alpha value is -2.12. The zero-order valence-corrected chi connectivity index (χ0v) is 6.03. The smallest absolute Gasteiger partial charge is 0.450 e. The number of nitrogens with zero attached hydrogens (tertiary/aromatic N) is 1. The van der Waals surface area contributed by atoms with E-state index in [0.717, 1.165) is 0 Å². The molecule has 0 aromatic carbocycles. The van der Waals surface area contributed by atoms with E-state index in [4.69, 9.17) is 31.6 Å². The summed E-state index contributed by atoms with van der Waals surface area (Å²) in [4.78, 5) is 11.7. The van der Waals surface area contributed by atoms with E-state index in [-0.39, 0.29) is 11.9 Å². The van der Waals surface area contributed by atoms with E-state index in [1.165, 1.54) is 0 Å². The highest BCUT2D eigenvalue weighted by molar-refractivity contribution is 5.96. The van der Waals surface area contributed by atoms with Crippen LogP contribution in [0, 0.1) is 10.8 Å². The number of carbonyl (C=O) groups is 1. The second-order valence-corrected chi connectivity index (χ2v) is 1.33. The Morgan fingerprint density at radius 1 is 1.50 bits per heavy atom. The Morgan fingerprint density at radius 3 is 1.92 bits per heavy atom. The van der Waals surface area contributed by atoms with Crippen molar-refractivity contribution in [3.8, 4) is 0 Å². The summed E-state index contributed by atoms with van der Waals surface area (Å²) >= 11 is 0. The van der Waals surface area contributed by atoms with Crippen LogP contribution >= 0.6 is 0 Å². The van der Waals surface area contributed by atoms with Gasteiger partial charge >= 0.3 is 6.16 Å². The number of aliphatic imine (C=N–C) groups is 1. The first kappa shape index (κ1) is 12.5. The molecule has 0 aliphatic rings. The largest absolute Gasteiger partial charge is 0.503 e. The highest BCUT2D eigenvalue weighted by Gasteiger charge is 1.87. The number of rotatable bonds is 0. The third-order valence-corrected chi connectivity index (χ3v) is 0.411. The Kier molecular flexibility index (Phi) is 7.31. The van der Waals surface area contributed by atoms with Gasteiger partial charge in [0.2, 0.25) is 5.96 Å².